The van der Waals surface area contributed by atoms with E-state index in [2.05, 4.69) is 0 Å². The predicted molar refractivity (Wildman–Crippen MR) is 98.6 cm³/mol. The van der Waals surface area contributed by atoms with Crippen molar-refractivity contribution < 1.29 is 30.0 Å². The van der Waals surface area contributed by atoms with Gasteiger partial charge in [-0.25, -0.2) is 0 Å². The number of unbranched alkanes of at least 4 members (excludes halogenated alkanes) is 3. The zero-order valence-electron chi connectivity index (χ0n) is 15.7. The third-order valence-electron chi connectivity index (χ3n) is 5.07. The van der Waals surface area contributed by atoms with Crippen LogP contribution in [0.5, 0.6) is 0 Å². The topological polar surface area (TPSA) is 115 Å². The number of carboxylic acid groups (broad SMARTS) is 1. The molecule has 0 radical (unpaired) electrons. The Bertz CT molecular complexity index is 459. The predicted octanol–water partition coefficient (Wildman–Crippen LogP) is 2.45. The van der Waals surface area contributed by atoms with Gasteiger partial charge in [-0.3, -0.25) is 9.59 Å². The molecule has 26 heavy (non-hydrogen) atoms. The summed E-state index contributed by atoms with van der Waals surface area (Å²) < 4.78 is 0. The van der Waals surface area contributed by atoms with Crippen LogP contribution in [0.25, 0.3) is 0 Å². The second kappa shape index (κ2) is 12.2. The van der Waals surface area contributed by atoms with Crippen molar-refractivity contribution in [1.82, 2.24) is 0 Å². The fourth-order valence-corrected chi connectivity index (χ4v) is 3.56. The Labute approximate surface area is 155 Å². The zero-order chi connectivity index (χ0) is 19.5. The Balaban J connectivity index is 2.39. The molecule has 0 spiro atoms. The SMILES string of the molecule is CC(O)CCCC(O)/C=C/C1C(O)CC(=O)C1CCCCCCC(=O)O. The number of hydrogen-bond donors (Lipinski definition) is 4. The van der Waals surface area contributed by atoms with E-state index in [9.17, 15) is 24.9 Å². The Morgan fingerprint density at radius 1 is 1.15 bits per heavy atom. The molecular weight excluding hydrogens is 336 g/mol. The van der Waals surface area contributed by atoms with E-state index in [1.165, 1.54) is 0 Å². The summed E-state index contributed by atoms with van der Waals surface area (Å²) in [5.74, 6) is -1.18. The van der Waals surface area contributed by atoms with E-state index in [1.54, 1.807) is 19.1 Å². The van der Waals surface area contributed by atoms with Crippen LogP contribution in [-0.2, 0) is 9.59 Å². The lowest BCUT2D eigenvalue weighted by molar-refractivity contribution is -0.137. The third kappa shape index (κ3) is 8.92. The summed E-state index contributed by atoms with van der Waals surface area (Å²) in [5, 5.41) is 38.0. The molecule has 1 aliphatic rings. The van der Waals surface area contributed by atoms with E-state index >= 15 is 0 Å². The Morgan fingerprint density at radius 3 is 2.50 bits per heavy atom. The molecule has 4 N–H and O–H groups in total. The number of carboxylic acids is 1. The molecular formula is C20H34O6. The van der Waals surface area contributed by atoms with Crippen molar-refractivity contribution >= 4 is 11.8 Å². The molecule has 150 valence electrons. The molecule has 6 heteroatoms. The van der Waals surface area contributed by atoms with Crippen LogP contribution in [0.4, 0.5) is 0 Å². The van der Waals surface area contributed by atoms with Gasteiger partial charge in [0.15, 0.2) is 0 Å². The van der Waals surface area contributed by atoms with Crippen LogP contribution in [0.2, 0.25) is 0 Å². The van der Waals surface area contributed by atoms with Gasteiger partial charge in [0.2, 0.25) is 0 Å². The first-order chi connectivity index (χ1) is 12.3. The number of aliphatic hydroxyl groups excluding tert-OH is 3. The average molecular weight is 370 g/mol. The van der Waals surface area contributed by atoms with Crippen molar-refractivity contribution in [2.45, 2.75) is 89.4 Å². The maximum Gasteiger partial charge on any atom is 0.303 e. The smallest absolute Gasteiger partial charge is 0.303 e. The summed E-state index contributed by atoms with van der Waals surface area (Å²) in [6, 6.07) is 0. The van der Waals surface area contributed by atoms with Crippen molar-refractivity contribution in [3.05, 3.63) is 12.2 Å². The van der Waals surface area contributed by atoms with Gasteiger partial charge in [-0.05, 0) is 39.0 Å². The highest BCUT2D eigenvalue weighted by Gasteiger charge is 2.39. The van der Waals surface area contributed by atoms with Crippen LogP contribution in [0, 0.1) is 11.8 Å². The summed E-state index contributed by atoms with van der Waals surface area (Å²) in [6.45, 7) is 1.72. The standard InChI is InChI=1S/C20H34O6/c1-14(21)7-6-8-15(22)11-12-17-16(18(23)13-19(17)24)9-4-2-3-5-10-20(25)26/h11-12,14-17,19,21-22,24H,2-10,13H2,1H3,(H,25,26)/b12-11+. The van der Waals surface area contributed by atoms with Gasteiger partial charge >= 0.3 is 5.97 Å². The van der Waals surface area contributed by atoms with Crippen molar-refractivity contribution in [3.8, 4) is 0 Å². The van der Waals surface area contributed by atoms with E-state index in [-0.39, 0.29) is 36.6 Å². The maximum atomic E-state index is 12.1. The maximum absolute atomic E-state index is 12.1. The second-order valence-corrected chi connectivity index (χ2v) is 7.50. The van der Waals surface area contributed by atoms with Gasteiger partial charge in [0, 0.05) is 24.7 Å². The summed E-state index contributed by atoms with van der Waals surface area (Å²) in [5.41, 5.74) is 0. The normalized spacial score (nSPS) is 25.7. The molecule has 1 fully saturated rings. The molecule has 0 aromatic rings. The highest BCUT2D eigenvalue weighted by Crippen LogP contribution is 2.34. The lowest BCUT2D eigenvalue weighted by Crippen LogP contribution is -2.19. The molecule has 5 atom stereocenters. The van der Waals surface area contributed by atoms with E-state index in [1.807, 2.05) is 0 Å². The minimum Gasteiger partial charge on any atom is -0.481 e. The zero-order valence-corrected chi connectivity index (χ0v) is 15.7. The molecule has 1 saturated carbocycles. The lowest BCUT2D eigenvalue weighted by Gasteiger charge is -2.18. The minimum absolute atomic E-state index is 0.0706. The highest BCUT2D eigenvalue weighted by molar-refractivity contribution is 5.84. The molecule has 0 amide bonds. The van der Waals surface area contributed by atoms with Crippen LogP contribution in [-0.4, -0.2) is 50.5 Å². The molecule has 1 rings (SSSR count). The first-order valence-electron chi connectivity index (χ1n) is 9.78. The molecule has 0 aliphatic heterocycles. The number of aliphatic hydroxyl groups is 3. The minimum atomic E-state index is -0.781. The number of carbonyl (C=O) groups excluding carboxylic acids is 1. The van der Waals surface area contributed by atoms with E-state index in [4.69, 9.17) is 5.11 Å². The molecule has 0 aromatic heterocycles. The quantitative estimate of drug-likeness (QED) is 0.292. The number of aliphatic carboxylic acids is 1. The number of hydrogen-bond acceptors (Lipinski definition) is 5. The molecule has 5 unspecified atom stereocenters. The van der Waals surface area contributed by atoms with Crippen LogP contribution in [0.1, 0.15) is 71.1 Å². The molecule has 0 aromatic carbocycles. The van der Waals surface area contributed by atoms with Gasteiger partial charge in [-0.15, -0.1) is 0 Å². The van der Waals surface area contributed by atoms with Crippen molar-refractivity contribution in [2.24, 2.45) is 11.8 Å². The van der Waals surface area contributed by atoms with Gasteiger partial charge in [-0.2, -0.15) is 0 Å². The largest absolute Gasteiger partial charge is 0.481 e. The Morgan fingerprint density at radius 2 is 1.85 bits per heavy atom. The van der Waals surface area contributed by atoms with E-state index in [0.29, 0.717) is 25.7 Å². The third-order valence-corrected chi connectivity index (χ3v) is 5.07. The first-order valence-corrected chi connectivity index (χ1v) is 9.78. The molecule has 0 bridgehead atoms. The molecule has 0 saturated heterocycles. The molecule has 1 aliphatic carbocycles. The summed E-state index contributed by atoms with van der Waals surface area (Å²) in [7, 11) is 0. The van der Waals surface area contributed by atoms with Crippen molar-refractivity contribution in [3.63, 3.8) is 0 Å². The van der Waals surface area contributed by atoms with Crippen LogP contribution < -0.4 is 0 Å². The lowest BCUT2D eigenvalue weighted by atomic mass is 9.88. The monoisotopic (exact) mass is 370 g/mol. The van der Waals surface area contributed by atoms with Gasteiger partial charge in [-0.1, -0.05) is 31.4 Å². The Hall–Kier alpha value is -1.24. The van der Waals surface area contributed by atoms with Crippen LogP contribution in [0.15, 0.2) is 12.2 Å². The van der Waals surface area contributed by atoms with Crippen LogP contribution >= 0.6 is 0 Å². The van der Waals surface area contributed by atoms with Gasteiger partial charge in [0.25, 0.3) is 0 Å². The summed E-state index contributed by atoms with van der Waals surface area (Å²) in [4.78, 5) is 22.6. The van der Waals surface area contributed by atoms with Gasteiger partial charge in [0.05, 0.1) is 18.3 Å². The Kier molecular flexibility index (Phi) is 10.7. The van der Waals surface area contributed by atoms with Gasteiger partial charge in [0.1, 0.15) is 5.78 Å². The summed E-state index contributed by atoms with van der Waals surface area (Å²) in [6.07, 6.45) is 7.88. The number of Topliss-reactive ketones (excluding diaryl/α,β-unsaturated/α-hetero) is 1. The number of ketones is 1. The van der Waals surface area contributed by atoms with E-state index in [0.717, 1.165) is 25.7 Å². The highest BCUT2D eigenvalue weighted by atomic mass is 16.4. The number of carbonyl (C=O) groups is 2. The van der Waals surface area contributed by atoms with Crippen LogP contribution in [0.3, 0.4) is 0 Å². The molecule has 0 heterocycles. The van der Waals surface area contributed by atoms with Crippen molar-refractivity contribution in [2.75, 3.05) is 0 Å². The number of rotatable bonds is 13. The van der Waals surface area contributed by atoms with Gasteiger partial charge < -0.3 is 20.4 Å². The summed E-state index contributed by atoms with van der Waals surface area (Å²) >= 11 is 0. The molecule has 6 nitrogen and oxygen atoms in total. The first kappa shape index (κ1) is 22.8. The van der Waals surface area contributed by atoms with Crippen molar-refractivity contribution in [1.29, 1.82) is 0 Å². The van der Waals surface area contributed by atoms with E-state index < -0.39 is 18.2 Å². The average Bonchev–Trinajstić information content (AvgIpc) is 2.81. The fourth-order valence-electron chi connectivity index (χ4n) is 3.56. The fraction of sp³-hybridized carbons (Fsp3) is 0.800. The second-order valence-electron chi connectivity index (χ2n) is 7.50.